The fourth-order valence-electron chi connectivity index (χ4n) is 2.14. The van der Waals surface area contributed by atoms with Crippen molar-refractivity contribution in [1.29, 1.82) is 0 Å². The Hall–Kier alpha value is 0.120. The molecule has 0 rings (SSSR count). The van der Waals surface area contributed by atoms with Crippen molar-refractivity contribution in [3.63, 3.8) is 0 Å². The maximum absolute atomic E-state index is 11.5. The molecular formula is C12H25IN2O2. The summed E-state index contributed by atoms with van der Waals surface area (Å²) in [6.45, 7) is 8.33. The molecule has 0 bridgehead atoms. The average molecular weight is 356 g/mol. The van der Waals surface area contributed by atoms with E-state index in [0.717, 1.165) is 19.3 Å². The van der Waals surface area contributed by atoms with E-state index < -0.39 is 6.23 Å². The van der Waals surface area contributed by atoms with Gasteiger partial charge in [-0.05, 0) is 18.3 Å². The van der Waals surface area contributed by atoms with E-state index in [1.54, 1.807) is 0 Å². The molecule has 0 saturated heterocycles. The number of aliphatic hydroxyl groups is 1. The summed E-state index contributed by atoms with van der Waals surface area (Å²) in [6, 6.07) is 0. The number of halogens is 1. The van der Waals surface area contributed by atoms with Gasteiger partial charge in [0.25, 0.3) is 0 Å². The summed E-state index contributed by atoms with van der Waals surface area (Å²) in [5, 5.41) is 10.0. The van der Waals surface area contributed by atoms with Crippen LogP contribution in [0.3, 0.4) is 0 Å². The molecule has 1 amide bonds. The minimum atomic E-state index is -0.695. The number of carbonyl (C=O) groups excluding carboxylic acids is 1. The average Bonchev–Trinajstić information content (AvgIpc) is 2.20. The van der Waals surface area contributed by atoms with E-state index in [1.807, 2.05) is 29.8 Å². The summed E-state index contributed by atoms with van der Waals surface area (Å²) in [7, 11) is 0. The predicted molar refractivity (Wildman–Crippen MR) is 78.3 cm³/mol. The molecule has 3 unspecified atom stereocenters. The van der Waals surface area contributed by atoms with Gasteiger partial charge in [-0.1, -0.05) is 34.1 Å². The Labute approximate surface area is 118 Å². The molecule has 0 spiro atoms. The van der Waals surface area contributed by atoms with Crippen LogP contribution in [0.2, 0.25) is 0 Å². The van der Waals surface area contributed by atoms with E-state index in [0.29, 0.717) is 0 Å². The number of nitrogens with one attached hydrogen (secondary N) is 1. The van der Waals surface area contributed by atoms with Gasteiger partial charge in [-0.3, -0.25) is 4.79 Å². The molecule has 0 heterocycles. The molecule has 0 aromatic rings. The minimum absolute atomic E-state index is 0.0561. The van der Waals surface area contributed by atoms with Gasteiger partial charge in [0.1, 0.15) is 6.23 Å². The number of aliphatic hydroxyl groups excluding tert-OH is 1. The first-order valence-corrected chi connectivity index (χ1v) is 7.14. The number of amides is 1. The molecule has 5 heteroatoms. The normalized spacial score (nSPS) is 17.5. The van der Waals surface area contributed by atoms with Crippen LogP contribution < -0.4 is 9.26 Å². The number of hydrogen-bond acceptors (Lipinski definition) is 3. The zero-order valence-electron chi connectivity index (χ0n) is 11.2. The molecule has 0 saturated carbocycles. The minimum Gasteiger partial charge on any atom is -0.378 e. The zero-order chi connectivity index (χ0) is 13.6. The Morgan fingerprint density at radius 3 is 2.29 bits per heavy atom. The van der Waals surface area contributed by atoms with Gasteiger partial charge in [0.15, 0.2) is 0 Å². The first-order valence-electron chi connectivity index (χ1n) is 6.06. The Balaban J connectivity index is 4.92. The Kier molecular flexibility index (Phi) is 7.58. The first kappa shape index (κ1) is 17.1. The third-order valence-electron chi connectivity index (χ3n) is 2.85. The molecule has 3 atom stereocenters. The van der Waals surface area contributed by atoms with Gasteiger partial charge in [-0.25, -0.2) is 3.53 Å². The Morgan fingerprint density at radius 1 is 1.47 bits per heavy atom. The van der Waals surface area contributed by atoms with E-state index in [2.05, 4.69) is 24.3 Å². The lowest BCUT2D eigenvalue weighted by molar-refractivity contribution is -0.126. The molecule has 0 aliphatic heterocycles. The first-order chi connectivity index (χ1) is 7.72. The number of primary amides is 1. The van der Waals surface area contributed by atoms with Gasteiger partial charge in [0, 0.05) is 34.7 Å². The highest BCUT2D eigenvalue weighted by Gasteiger charge is 2.34. The highest BCUT2D eigenvalue weighted by molar-refractivity contribution is 14.1. The van der Waals surface area contributed by atoms with Crippen LogP contribution in [0.1, 0.15) is 47.0 Å². The number of carbonyl (C=O) groups is 1. The maximum Gasteiger partial charge on any atom is 0.220 e. The van der Waals surface area contributed by atoms with Gasteiger partial charge in [0.05, 0.1) is 0 Å². The lowest BCUT2D eigenvalue weighted by atomic mass is 9.76. The third kappa shape index (κ3) is 6.57. The fraction of sp³-hybridized carbons (Fsp3) is 0.917. The largest absolute Gasteiger partial charge is 0.378 e. The SMILES string of the molecule is CCCC(C(N)=O)C(CC(C)(C)C)C(O)NI. The standard InChI is InChI=1S/C12H25IN2O2/c1-5-6-8(10(14)16)9(11(17)15-13)7-12(2,3)4/h8-9,11,15,17H,5-7H2,1-4H3,(H2,14,16). The summed E-state index contributed by atoms with van der Waals surface area (Å²) >= 11 is 1.91. The molecule has 102 valence electrons. The topological polar surface area (TPSA) is 75.4 Å². The molecule has 0 aliphatic carbocycles. The van der Waals surface area contributed by atoms with Crippen LogP contribution in [0.5, 0.6) is 0 Å². The van der Waals surface area contributed by atoms with Gasteiger partial charge >= 0.3 is 0 Å². The van der Waals surface area contributed by atoms with E-state index >= 15 is 0 Å². The summed E-state index contributed by atoms with van der Waals surface area (Å²) in [4.78, 5) is 11.5. The molecule has 0 radical (unpaired) electrons. The number of rotatable bonds is 7. The van der Waals surface area contributed by atoms with Crippen molar-refractivity contribution >= 4 is 28.8 Å². The third-order valence-corrected chi connectivity index (χ3v) is 3.49. The molecule has 0 aliphatic rings. The van der Waals surface area contributed by atoms with Crippen LogP contribution in [0.25, 0.3) is 0 Å². The van der Waals surface area contributed by atoms with E-state index in [9.17, 15) is 9.90 Å². The van der Waals surface area contributed by atoms with Gasteiger partial charge < -0.3 is 10.8 Å². The van der Waals surface area contributed by atoms with Crippen molar-refractivity contribution < 1.29 is 9.90 Å². The van der Waals surface area contributed by atoms with Crippen LogP contribution in [0.15, 0.2) is 0 Å². The Morgan fingerprint density at radius 2 is 2.00 bits per heavy atom. The van der Waals surface area contributed by atoms with E-state index in [4.69, 9.17) is 5.73 Å². The summed E-state index contributed by atoms with van der Waals surface area (Å²) in [5.41, 5.74) is 5.51. The van der Waals surface area contributed by atoms with Gasteiger partial charge in [-0.2, -0.15) is 0 Å². The van der Waals surface area contributed by atoms with Crippen molar-refractivity contribution in [2.24, 2.45) is 23.0 Å². The van der Waals surface area contributed by atoms with Crippen molar-refractivity contribution in [1.82, 2.24) is 3.53 Å². The molecule has 4 nitrogen and oxygen atoms in total. The quantitative estimate of drug-likeness (QED) is 0.372. The molecule has 0 aromatic carbocycles. The van der Waals surface area contributed by atoms with Crippen molar-refractivity contribution in [3.8, 4) is 0 Å². The number of nitrogens with two attached hydrogens (primary N) is 1. The lowest BCUT2D eigenvalue weighted by Gasteiger charge is -2.33. The monoisotopic (exact) mass is 356 g/mol. The van der Waals surface area contributed by atoms with E-state index in [1.165, 1.54) is 0 Å². The van der Waals surface area contributed by atoms with Crippen LogP contribution in [0, 0.1) is 17.3 Å². The maximum atomic E-state index is 11.5. The molecule has 0 fully saturated rings. The molecule has 4 N–H and O–H groups in total. The fourth-order valence-corrected chi connectivity index (χ4v) is 2.60. The smallest absolute Gasteiger partial charge is 0.220 e. The number of hydrogen-bond donors (Lipinski definition) is 3. The Bertz CT molecular complexity index is 241. The van der Waals surface area contributed by atoms with Gasteiger partial charge in [0.2, 0.25) is 5.91 Å². The second-order valence-corrected chi connectivity index (χ2v) is 6.40. The lowest BCUT2D eigenvalue weighted by Crippen LogP contribution is -2.42. The molecule has 0 aromatic heterocycles. The predicted octanol–water partition coefficient (Wildman–Crippen LogP) is 2.20. The molecule has 17 heavy (non-hydrogen) atoms. The van der Waals surface area contributed by atoms with Crippen LogP contribution in [-0.4, -0.2) is 17.2 Å². The summed E-state index contributed by atoms with van der Waals surface area (Å²) < 4.78 is 2.80. The highest BCUT2D eigenvalue weighted by Crippen LogP contribution is 2.33. The van der Waals surface area contributed by atoms with Crippen molar-refractivity contribution in [2.45, 2.75) is 53.2 Å². The van der Waals surface area contributed by atoms with Crippen LogP contribution in [-0.2, 0) is 4.79 Å². The van der Waals surface area contributed by atoms with Crippen molar-refractivity contribution in [2.75, 3.05) is 0 Å². The van der Waals surface area contributed by atoms with Crippen LogP contribution in [0.4, 0.5) is 0 Å². The van der Waals surface area contributed by atoms with E-state index in [-0.39, 0.29) is 23.2 Å². The summed E-state index contributed by atoms with van der Waals surface area (Å²) in [6.07, 6.45) is 1.68. The van der Waals surface area contributed by atoms with Gasteiger partial charge in [-0.15, -0.1) is 0 Å². The highest BCUT2D eigenvalue weighted by atomic mass is 127. The van der Waals surface area contributed by atoms with Crippen molar-refractivity contribution in [3.05, 3.63) is 0 Å². The summed E-state index contributed by atoms with van der Waals surface area (Å²) in [5.74, 6) is -0.715. The van der Waals surface area contributed by atoms with Crippen LogP contribution >= 0.6 is 22.9 Å². The second kappa shape index (κ2) is 7.53. The zero-order valence-corrected chi connectivity index (χ0v) is 13.3. The molecular weight excluding hydrogens is 331 g/mol. The second-order valence-electron chi connectivity index (χ2n) is 5.78.